The van der Waals surface area contributed by atoms with Crippen molar-refractivity contribution in [2.45, 2.75) is 18.8 Å². The van der Waals surface area contributed by atoms with Gasteiger partial charge in [0, 0.05) is 23.7 Å². The molecule has 3 aromatic rings. The second-order valence-corrected chi connectivity index (χ2v) is 7.32. The highest BCUT2D eigenvalue weighted by Crippen LogP contribution is 2.29. The molecule has 2 heterocycles. The normalized spacial score (nSPS) is 16.5. The zero-order valence-electron chi connectivity index (χ0n) is 16.0. The molecule has 29 heavy (non-hydrogen) atoms. The van der Waals surface area contributed by atoms with Gasteiger partial charge >= 0.3 is 6.03 Å². The third-order valence-electron chi connectivity index (χ3n) is 4.95. The fourth-order valence-electron chi connectivity index (χ4n) is 3.42. The zero-order chi connectivity index (χ0) is 20.2. The fraction of sp³-hybridized carbons (Fsp3) is 0.286. The summed E-state index contributed by atoms with van der Waals surface area (Å²) in [5, 5.41) is 7.66. The molecule has 2 amide bonds. The van der Waals surface area contributed by atoms with Crippen LogP contribution >= 0.6 is 11.6 Å². The summed E-state index contributed by atoms with van der Waals surface area (Å²) in [6.07, 6.45) is 1.75. The van der Waals surface area contributed by atoms with E-state index in [2.05, 4.69) is 15.5 Å². The van der Waals surface area contributed by atoms with Crippen LogP contribution < -0.4 is 10.1 Å². The predicted molar refractivity (Wildman–Crippen MR) is 110 cm³/mol. The number of urea groups is 1. The first kappa shape index (κ1) is 19.3. The minimum atomic E-state index is -0.170. The Balaban J connectivity index is 1.44. The Bertz CT molecular complexity index is 990. The summed E-state index contributed by atoms with van der Waals surface area (Å²) in [7, 11) is 1.58. The van der Waals surface area contributed by atoms with Crippen LogP contribution in [-0.4, -0.2) is 41.3 Å². The maximum Gasteiger partial charge on any atom is 0.321 e. The molecule has 0 radical (unpaired) electrons. The molecular weight excluding hydrogens is 392 g/mol. The van der Waals surface area contributed by atoms with E-state index in [1.807, 2.05) is 36.4 Å². The first-order chi connectivity index (χ1) is 14.1. The van der Waals surface area contributed by atoms with Gasteiger partial charge in [-0.2, -0.15) is 4.98 Å². The number of benzene rings is 2. The van der Waals surface area contributed by atoms with Crippen LogP contribution in [0.4, 0.5) is 10.5 Å². The van der Waals surface area contributed by atoms with E-state index < -0.39 is 0 Å². The molecule has 1 aromatic heterocycles. The summed E-state index contributed by atoms with van der Waals surface area (Å²) in [5.41, 5.74) is 1.48. The van der Waals surface area contributed by atoms with Crippen molar-refractivity contribution in [1.29, 1.82) is 0 Å². The molecule has 1 saturated heterocycles. The maximum atomic E-state index is 12.8. The van der Waals surface area contributed by atoms with Crippen LogP contribution in [-0.2, 0) is 0 Å². The molecule has 8 heteroatoms. The standard InChI is InChI=1S/C21H21ClN4O3/c1-28-18-7-3-2-6-17(18)23-21(27)26-12-4-5-15(13-26)20-24-19(25-29-20)14-8-10-16(22)11-9-14/h2-3,6-11,15H,4-5,12-13H2,1H3,(H,23,27)/t15-/m1/s1. The van der Waals surface area contributed by atoms with Crippen molar-refractivity contribution in [3.63, 3.8) is 0 Å². The first-order valence-corrected chi connectivity index (χ1v) is 9.80. The number of nitrogens with one attached hydrogen (secondary N) is 1. The van der Waals surface area contributed by atoms with Gasteiger partial charge in [-0.1, -0.05) is 28.9 Å². The van der Waals surface area contributed by atoms with Crippen LogP contribution in [0.25, 0.3) is 11.4 Å². The summed E-state index contributed by atoms with van der Waals surface area (Å²) in [6.45, 7) is 1.19. The Labute approximate surface area is 173 Å². The van der Waals surface area contributed by atoms with E-state index >= 15 is 0 Å². The van der Waals surface area contributed by atoms with Gasteiger partial charge in [-0.3, -0.25) is 0 Å². The number of nitrogens with zero attached hydrogens (tertiary/aromatic N) is 3. The van der Waals surface area contributed by atoms with Crippen molar-refractivity contribution < 1.29 is 14.1 Å². The van der Waals surface area contributed by atoms with Crippen molar-refractivity contribution in [1.82, 2.24) is 15.0 Å². The largest absolute Gasteiger partial charge is 0.495 e. The molecule has 1 atom stereocenters. The van der Waals surface area contributed by atoms with Crippen LogP contribution in [0, 0.1) is 0 Å². The molecule has 1 aliphatic rings. The number of ether oxygens (including phenoxy) is 1. The number of likely N-dealkylation sites (tertiary alicyclic amines) is 1. The van der Waals surface area contributed by atoms with Gasteiger partial charge in [-0.15, -0.1) is 0 Å². The summed E-state index contributed by atoms with van der Waals surface area (Å²) >= 11 is 5.93. The van der Waals surface area contributed by atoms with Gasteiger partial charge in [-0.05, 0) is 49.2 Å². The van der Waals surface area contributed by atoms with Crippen molar-refractivity contribution in [3.8, 4) is 17.1 Å². The van der Waals surface area contributed by atoms with E-state index in [-0.39, 0.29) is 11.9 Å². The molecular formula is C21H21ClN4O3. The molecule has 150 valence electrons. The minimum absolute atomic E-state index is 0.000666. The maximum absolute atomic E-state index is 12.8. The lowest BCUT2D eigenvalue weighted by Crippen LogP contribution is -2.41. The smallest absolute Gasteiger partial charge is 0.321 e. The molecule has 0 spiro atoms. The number of carbonyl (C=O) groups excluding carboxylic acids is 1. The molecule has 4 rings (SSSR count). The number of anilines is 1. The quantitative estimate of drug-likeness (QED) is 0.665. The molecule has 0 unspecified atom stereocenters. The lowest BCUT2D eigenvalue weighted by atomic mass is 9.98. The molecule has 1 N–H and O–H groups in total. The van der Waals surface area contributed by atoms with Crippen molar-refractivity contribution >= 4 is 23.3 Å². The highest BCUT2D eigenvalue weighted by atomic mass is 35.5. The van der Waals surface area contributed by atoms with Crippen molar-refractivity contribution in [3.05, 3.63) is 59.4 Å². The molecule has 2 aromatic carbocycles. The number of rotatable bonds is 4. The van der Waals surface area contributed by atoms with Gasteiger partial charge in [0.05, 0.1) is 18.7 Å². The molecule has 1 aliphatic heterocycles. The van der Waals surface area contributed by atoms with E-state index in [0.29, 0.717) is 41.3 Å². The molecule has 0 aliphatic carbocycles. The Morgan fingerprint density at radius 1 is 1.24 bits per heavy atom. The molecule has 7 nitrogen and oxygen atoms in total. The summed E-state index contributed by atoms with van der Waals surface area (Å²) in [6, 6.07) is 14.5. The fourth-order valence-corrected chi connectivity index (χ4v) is 3.55. The van der Waals surface area contributed by atoms with E-state index in [4.69, 9.17) is 20.9 Å². The van der Waals surface area contributed by atoms with E-state index in [1.54, 1.807) is 24.1 Å². The summed E-state index contributed by atoms with van der Waals surface area (Å²) < 4.78 is 10.8. The van der Waals surface area contributed by atoms with Gasteiger partial charge in [0.25, 0.3) is 0 Å². The Morgan fingerprint density at radius 3 is 2.83 bits per heavy atom. The van der Waals surface area contributed by atoms with Crippen LogP contribution in [0.15, 0.2) is 53.1 Å². The minimum Gasteiger partial charge on any atom is -0.495 e. The zero-order valence-corrected chi connectivity index (χ0v) is 16.7. The van der Waals surface area contributed by atoms with E-state index in [0.717, 1.165) is 18.4 Å². The Kier molecular flexibility index (Phi) is 5.67. The van der Waals surface area contributed by atoms with E-state index in [1.165, 1.54) is 0 Å². The van der Waals surface area contributed by atoms with Crippen molar-refractivity contribution in [2.24, 2.45) is 0 Å². The van der Waals surface area contributed by atoms with Gasteiger partial charge in [0.1, 0.15) is 5.75 Å². The number of para-hydroxylation sites is 2. The first-order valence-electron chi connectivity index (χ1n) is 9.42. The lowest BCUT2D eigenvalue weighted by Gasteiger charge is -2.31. The van der Waals surface area contributed by atoms with Gasteiger partial charge < -0.3 is 19.5 Å². The number of aromatic nitrogens is 2. The number of halogens is 1. The van der Waals surface area contributed by atoms with Crippen LogP contribution in [0.5, 0.6) is 5.75 Å². The monoisotopic (exact) mass is 412 g/mol. The predicted octanol–water partition coefficient (Wildman–Crippen LogP) is 4.81. The summed E-state index contributed by atoms with van der Waals surface area (Å²) in [4.78, 5) is 19.1. The number of hydrogen-bond acceptors (Lipinski definition) is 5. The van der Waals surface area contributed by atoms with Crippen LogP contribution in [0.3, 0.4) is 0 Å². The molecule has 0 bridgehead atoms. The molecule has 1 fully saturated rings. The molecule has 0 saturated carbocycles. The highest BCUT2D eigenvalue weighted by molar-refractivity contribution is 6.30. The number of hydrogen-bond donors (Lipinski definition) is 1. The highest BCUT2D eigenvalue weighted by Gasteiger charge is 2.29. The third-order valence-corrected chi connectivity index (χ3v) is 5.20. The Hall–Kier alpha value is -3.06. The second kappa shape index (κ2) is 8.53. The Morgan fingerprint density at radius 2 is 2.03 bits per heavy atom. The van der Waals surface area contributed by atoms with Gasteiger partial charge in [-0.25, -0.2) is 4.79 Å². The second-order valence-electron chi connectivity index (χ2n) is 6.88. The average Bonchev–Trinajstić information content (AvgIpc) is 3.25. The van der Waals surface area contributed by atoms with Crippen molar-refractivity contribution in [2.75, 3.05) is 25.5 Å². The van der Waals surface area contributed by atoms with Crippen LogP contribution in [0.2, 0.25) is 5.02 Å². The van der Waals surface area contributed by atoms with Gasteiger partial charge in [0.15, 0.2) is 0 Å². The number of carbonyl (C=O) groups is 1. The number of amides is 2. The van der Waals surface area contributed by atoms with Crippen LogP contribution in [0.1, 0.15) is 24.7 Å². The summed E-state index contributed by atoms with van der Waals surface area (Å²) in [5.74, 6) is 1.69. The SMILES string of the molecule is COc1ccccc1NC(=O)N1CCC[C@@H](c2nc(-c3ccc(Cl)cc3)no2)C1. The lowest BCUT2D eigenvalue weighted by molar-refractivity contribution is 0.184. The van der Waals surface area contributed by atoms with E-state index in [9.17, 15) is 4.79 Å². The average molecular weight is 413 g/mol. The van der Waals surface area contributed by atoms with Gasteiger partial charge in [0.2, 0.25) is 11.7 Å². The number of piperidine rings is 1. The topological polar surface area (TPSA) is 80.5 Å². The number of methoxy groups -OCH3 is 1. The third kappa shape index (κ3) is 4.35.